The predicted molar refractivity (Wildman–Crippen MR) is 115 cm³/mol. The molecular weight excluding hydrogens is 386 g/mol. The van der Waals surface area contributed by atoms with E-state index in [0.717, 1.165) is 43.8 Å². The Labute approximate surface area is 175 Å². The third-order valence-corrected chi connectivity index (χ3v) is 6.67. The van der Waals surface area contributed by atoms with Gasteiger partial charge >= 0.3 is 0 Å². The monoisotopic (exact) mass is 413 g/mol. The summed E-state index contributed by atoms with van der Waals surface area (Å²) < 4.78 is 5.23. The van der Waals surface area contributed by atoms with Gasteiger partial charge in [-0.2, -0.15) is 0 Å². The van der Waals surface area contributed by atoms with Crippen LogP contribution in [0, 0.1) is 0 Å². The van der Waals surface area contributed by atoms with Crippen LogP contribution in [0.3, 0.4) is 0 Å². The third kappa shape index (κ3) is 4.24. The molecule has 2 amide bonds. The molecule has 3 heterocycles. The van der Waals surface area contributed by atoms with Gasteiger partial charge in [-0.15, -0.1) is 11.3 Å². The SMILES string of the molecule is COc1ccc(N2CCN(C(=O)C3CCCCN3C(=O)c3cccs3)CC2)cc1. The maximum absolute atomic E-state index is 13.3. The number of likely N-dealkylation sites (tertiary alicyclic amines) is 1. The Morgan fingerprint density at radius 1 is 1.00 bits per heavy atom. The Morgan fingerprint density at radius 2 is 1.76 bits per heavy atom. The fourth-order valence-corrected chi connectivity index (χ4v) is 4.84. The summed E-state index contributed by atoms with van der Waals surface area (Å²) in [6.07, 6.45) is 2.72. The van der Waals surface area contributed by atoms with Crippen molar-refractivity contribution in [2.75, 3.05) is 44.7 Å². The number of piperidine rings is 1. The molecule has 2 fully saturated rings. The smallest absolute Gasteiger partial charge is 0.264 e. The first kappa shape index (κ1) is 19.8. The maximum Gasteiger partial charge on any atom is 0.264 e. The fraction of sp³-hybridized carbons (Fsp3) is 0.455. The van der Waals surface area contributed by atoms with Crippen LogP contribution < -0.4 is 9.64 Å². The highest BCUT2D eigenvalue weighted by molar-refractivity contribution is 7.12. The molecule has 1 aromatic carbocycles. The summed E-state index contributed by atoms with van der Waals surface area (Å²) in [6.45, 7) is 3.62. The van der Waals surface area contributed by atoms with Crippen LogP contribution in [0.1, 0.15) is 28.9 Å². The van der Waals surface area contributed by atoms with Gasteiger partial charge in [0.05, 0.1) is 12.0 Å². The number of amides is 2. The van der Waals surface area contributed by atoms with Gasteiger partial charge in [0.15, 0.2) is 0 Å². The second kappa shape index (κ2) is 8.86. The van der Waals surface area contributed by atoms with Crippen LogP contribution in [0.2, 0.25) is 0 Å². The molecule has 0 saturated carbocycles. The number of hydrogen-bond acceptors (Lipinski definition) is 5. The zero-order chi connectivity index (χ0) is 20.2. The molecule has 2 aliphatic rings. The first-order valence-corrected chi connectivity index (χ1v) is 11.1. The molecule has 0 bridgehead atoms. The largest absolute Gasteiger partial charge is 0.497 e. The van der Waals surface area contributed by atoms with Crippen molar-refractivity contribution in [1.29, 1.82) is 0 Å². The highest BCUT2D eigenvalue weighted by atomic mass is 32.1. The number of piperazine rings is 1. The molecule has 29 heavy (non-hydrogen) atoms. The third-order valence-electron chi connectivity index (χ3n) is 5.81. The molecule has 1 atom stereocenters. The highest BCUT2D eigenvalue weighted by Gasteiger charge is 2.36. The average molecular weight is 414 g/mol. The van der Waals surface area contributed by atoms with Gasteiger partial charge in [0.1, 0.15) is 11.8 Å². The van der Waals surface area contributed by atoms with Gasteiger partial charge in [-0.3, -0.25) is 9.59 Å². The Hall–Kier alpha value is -2.54. The fourth-order valence-electron chi connectivity index (χ4n) is 4.16. The summed E-state index contributed by atoms with van der Waals surface area (Å²) in [6, 6.07) is 11.4. The van der Waals surface area contributed by atoms with E-state index in [1.807, 2.05) is 34.5 Å². The molecule has 154 valence electrons. The number of anilines is 1. The Bertz CT molecular complexity index is 829. The first-order valence-electron chi connectivity index (χ1n) is 10.2. The van der Waals surface area contributed by atoms with Gasteiger partial charge in [-0.25, -0.2) is 0 Å². The van der Waals surface area contributed by atoms with Gasteiger partial charge in [0, 0.05) is 38.4 Å². The minimum atomic E-state index is -0.328. The Kier molecular flexibility index (Phi) is 6.04. The van der Waals surface area contributed by atoms with E-state index in [0.29, 0.717) is 24.5 Å². The number of carbonyl (C=O) groups is 2. The van der Waals surface area contributed by atoms with E-state index in [1.165, 1.54) is 11.3 Å². The molecule has 2 aromatic rings. The number of thiophene rings is 1. The molecule has 2 saturated heterocycles. The minimum absolute atomic E-state index is 0.00470. The first-order chi connectivity index (χ1) is 14.2. The predicted octanol–water partition coefficient (Wildman–Crippen LogP) is 3.10. The van der Waals surface area contributed by atoms with Crippen LogP contribution in [-0.4, -0.2) is 67.5 Å². The molecule has 0 spiro atoms. The topological polar surface area (TPSA) is 53.1 Å². The number of hydrogen-bond donors (Lipinski definition) is 0. The van der Waals surface area contributed by atoms with Crippen LogP contribution in [-0.2, 0) is 4.79 Å². The maximum atomic E-state index is 13.3. The average Bonchev–Trinajstić information content (AvgIpc) is 3.33. The lowest BCUT2D eigenvalue weighted by Gasteiger charge is -2.41. The molecule has 1 aromatic heterocycles. The second-order valence-electron chi connectivity index (χ2n) is 7.50. The van der Waals surface area contributed by atoms with Crippen molar-refractivity contribution in [3.63, 3.8) is 0 Å². The lowest BCUT2D eigenvalue weighted by atomic mass is 10.00. The van der Waals surface area contributed by atoms with Gasteiger partial charge < -0.3 is 19.4 Å². The van der Waals surface area contributed by atoms with Crippen molar-refractivity contribution in [1.82, 2.24) is 9.80 Å². The Morgan fingerprint density at radius 3 is 2.41 bits per heavy atom. The number of rotatable bonds is 4. The van der Waals surface area contributed by atoms with Crippen LogP contribution >= 0.6 is 11.3 Å². The quantitative estimate of drug-likeness (QED) is 0.773. The highest BCUT2D eigenvalue weighted by Crippen LogP contribution is 2.25. The molecule has 1 unspecified atom stereocenters. The van der Waals surface area contributed by atoms with Gasteiger partial charge in [-0.05, 0) is 55.0 Å². The lowest BCUT2D eigenvalue weighted by Crippen LogP contribution is -2.57. The van der Waals surface area contributed by atoms with Crippen molar-refractivity contribution in [3.05, 3.63) is 46.7 Å². The molecule has 6 nitrogen and oxygen atoms in total. The van der Waals surface area contributed by atoms with E-state index in [1.54, 1.807) is 12.0 Å². The zero-order valence-corrected chi connectivity index (χ0v) is 17.6. The van der Waals surface area contributed by atoms with Crippen LogP contribution in [0.15, 0.2) is 41.8 Å². The number of nitrogens with zero attached hydrogens (tertiary/aromatic N) is 3. The zero-order valence-electron chi connectivity index (χ0n) is 16.8. The van der Waals surface area contributed by atoms with Crippen LogP contribution in [0.4, 0.5) is 5.69 Å². The summed E-state index contributed by atoms with van der Waals surface area (Å²) in [5.41, 5.74) is 1.14. The van der Waals surface area contributed by atoms with Crippen molar-refractivity contribution >= 4 is 28.8 Å². The van der Waals surface area contributed by atoms with Crippen molar-refractivity contribution in [3.8, 4) is 5.75 Å². The van der Waals surface area contributed by atoms with Crippen LogP contribution in [0.5, 0.6) is 5.75 Å². The Balaban J connectivity index is 1.39. The molecule has 0 N–H and O–H groups in total. The second-order valence-corrected chi connectivity index (χ2v) is 8.45. The summed E-state index contributed by atoms with van der Waals surface area (Å²) in [5, 5.41) is 1.91. The molecule has 7 heteroatoms. The van der Waals surface area contributed by atoms with Crippen LogP contribution in [0.25, 0.3) is 0 Å². The van der Waals surface area contributed by atoms with E-state index in [2.05, 4.69) is 17.0 Å². The molecule has 0 aliphatic carbocycles. The van der Waals surface area contributed by atoms with E-state index in [4.69, 9.17) is 4.74 Å². The van der Waals surface area contributed by atoms with Gasteiger partial charge in [0.25, 0.3) is 5.91 Å². The standard InChI is InChI=1S/C22H27N3O3S/c1-28-18-9-7-17(8-10-18)23-12-14-24(15-13-23)21(26)19-5-2-3-11-25(19)22(27)20-6-4-16-29-20/h4,6-10,16,19H,2-3,5,11-15H2,1H3. The number of ether oxygens (including phenoxy) is 1. The molecule has 0 radical (unpaired) electrons. The normalized spacial score (nSPS) is 19.9. The van der Waals surface area contributed by atoms with Crippen molar-refractivity contribution in [2.45, 2.75) is 25.3 Å². The minimum Gasteiger partial charge on any atom is -0.497 e. The lowest BCUT2D eigenvalue weighted by molar-refractivity contribution is -0.137. The number of carbonyl (C=O) groups excluding carboxylic acids is 2. The van der Waals surface area contributed by atoms with E-state index >= 15 is 0 Å². The van der Waals surface area contributed by atoms with E-state index in [9.17, 15) is 9.59 Å². The van der Waals surface area contributed by atoms with Crippen molar-refractivity contribution in [2.24, 2.45) is 0 Å². The van der Waals surface area contributed by atoms with Crippen molar-refractivity contribution < 1.29 is 14.3 Å². The number of methoxy groups -OCH3 is 1. The summed E-state index contributed by atoms with van der Waals surface area (Å²) in [5.74, 6) is 0.939. The van der Waals surface area contributed by atoms with Gasteiger partial charge in [-0.1, -0.05) is 6.07 Å². The van der Waals surface area contributed by atoms with Gasteiger partial charge in [0.2, 0.25) is 5.91 Å². The van der Waals surface area contributed by atoms with E-state index < -0.39 is 0 Å². The summed E-state index contributed by atoms with van der Waals surface area (Å²) >= 11 is 1.44. The molecule has 2 aliphatic heterocycles. The molecule has 4 rings (SSSR count). The van der Waals surface area contributed by atoms with E-state index in [-0.39, 0.29) is 17.9 Å². The number of benzene rings is 1. The summed E-state index contributed by atoms with van der Waals surface area (Å²) in [7, 11) is 1.66. The summed E-state index contributed by atoms with van der Waals surface area (Å²) in [4.78, 5) is 32.9. The molecular formula is C22H27N3O3S.